The van der Waals surface area contributed by atoms with Crippen LogP contribution in [0.2, 0.25) is 0 Å². The minimum Gasteiger partial charge on any atom is -0.376 e. The summed E-state index contributed by atoms with van der Waals surface area (Å²) in [5.74, 6) is 0. The van der Waals surface area contributed by atoms with Gasteiger partial charge in [0.2, 0.25) is 0 Å². The average molecular weight is 321 g/mol. The van der Waals surface area contributed by atoms with Gasteiger partial charge in [0.25, 0.3) is 0 Å². The Hall–Kier alpha value is -1.20. The molecule has 22 heavy (non-hydrogen) atoms. The van der Waals surface area contributed by atoms with Crippen LogP contribution in [0.5, 0.6) is 0 Å². The van der Waals surface area contributed by atoms with Gasteiger partial charge in [0, 0.05) is 38.6 Å². The number of aromatic nitrogens is 1. The normalized spacial score (nSPS) is 17.4. The quantitative estimate of drug-likeness (QED) is 0.588. The Kier molecular flexibility index (Phi) is 7.60. The van der Waals surface area contributed by atoms with Gasteiger partial charge in [-0.05, 0) is 49.2 Å². The SMILES string of the molecule is CCCCCNC(=S)N(Cc1ccncc1)C[C@@H]1CCCO1. The van der Waals surface area contributed by atoms with E-state index in [0.717, 1.165) is 44.2 Å². The summed E-state index contributed by atoms with van der Waals surface area (Å²) < 4.78 is 5.77. The molecule has 122 valence electrons. The lowest BCUT2D eigenvalue weighted by Crippen LogP contribution is -2.43. The van der Waals surface area contributed by atoms with E-state index in [1.54, 1.807) is 0 Å². The zero-order valence-electron chi connectivity index (χ0n) is 13.5. The summed E-state index contributed by atoms with van der Waals surface area (Å²) in [6.45, 7) is 5.71. The van der Waals surface area contributed by atoms with E-state index in [1.807, 2.05) is 24.5 Å². The molecule has 0 unspecified atom stereocenters. The molecule has 1 saturated heterocycles. The number of nitrogens with zero attached hydrogens (tertiary/aromatic N) is 2. The Morgan fingerprint density at radius 1 is 1.41 bits per heavy atom. The molecule has 2 heterocycles. The van der Waals surface area contributed by atoms with Crippen LogP contribution in [0.3, 0.4) is 0 Å². The van der Waals surface area contributed by atoms with Crippen molar-refractivity contribution in [3.05, 3.63) is 30.1 Å². The number of rotatable bonds is 8. The van der Waals surface area contributed by atoms with Crippen LogP contribution in [0, 0.1) is 0 Å². The molecule has 1 atom stereocenters. The summed E-state index contributed by atoms with van der Waals surface area (Å²) in [6.07, 6.45) is 9.89. The molecule has 0 bridgehead atoms. The van der Waals surface area contributed by atoms with Gasteiger partial charge in [-0.2, -0.15) is 0 Å². The fourth-order valence-electron chi connectivity index (χ4n) is 2.64. The number of pyridine rings is 1. The Bertz CT molecular complexity index is 435. The highest BCUT2D eigenvalue weighted by Crippen LogP contribution is 2.15. The van der Waals surface area contributed by atoms with Crippen molar-refractivity contribution in [1.82, 2.24) is 15.2 Å². The predicted molar refractivity (Wildman–Crippen MR) is 93.7 cm³/mol. The van der Waals surface area contributed by atoms with Gasteiger partial charge < -0.3 is 15.0 Å². The molecule has 1 aromatic rings. The zero-order valence-corrected chi connectivity index (χ0v) is 14.3. The Morgan fingerprint density at radius 2 is 2.23 bits per heavy atom. The lowest BCUT2D eigenvalue weighted by atomic mass is 10.2. The monoisotopic (exact) mass is 321 g/mol. The molecule has 1 aliphatic heterocycles. The maximum atomic E-state index is 5.77. The fraction of sp³-hybridized carbons (Fsp3) is 0.647. The van der Waals surface area contributed by atoms with Crippen molar-refractivity contribution < 1.29 is 4.74 Å². The second-order valence-corrected chi connectivity index (χ2v) is 6.20. The van der Waals surface area contributed by atoms with Crippen molar-refractivity contribution in [2.75, 3.05) is 19.7 Å². The van der Waals surface area contributed by atoms with Crippen molar-refractivity contribution in [1.29, 1.82) is 0 Å². The molecular weight excluding hydrogens is 294 g/mol. The molecule has 5 heteroatoms. The Balaban J connectivity index is 1.89. The van der Waals surface area contributed by atoms with Gasteiger partial charge in [-0.3, -0.25) is 4.98 Å². The van der Waals surface area contributed by atoms with Crippen molar-refractivity contribution in [2.24, 2.45) is 0 Å². The maximum absolute atomic E-state index is 5.77. The molecule has 0 aromatic carbocycles. The van der Waals surface area contributed by atoms with Gasteiger partial charge in [0.1, 0.15) is 0 Å². The van der Waals surface area contributed by atoms with Gasteiger partial charge in [0.15, 0.2) is 5.11 Å². The largest absolute Gasteiger partial charge is 0.376 e. The molecule has 0 radical (unpaired) electrons. The van der Waals surface area contributed by atoms with Crippen LogP contribution < -0.4 is 5.32 Å². The van der Waals surface area contributed by atoms with Crippen LogP contribution in [0.25, 0.3) is 0 Å². The third-order valence-electron chi connectivity index (χ3n) is 3.91. The van der Waals surface area contributed by atoms with Crippen LogP contribution in [-0.2, 0) is 11.3 Å². The molecule has 0 saturated carbocycles. The summed E-state index contributed by atoms with van der Waals surface area (Å²) in [6, 6.07) is 4.09. The van der Waals surface area contributed by atoms with E-state index in [1.165, 1.54) is 24.8 Å². The number of hydrogen-bond acceptors (Lipinski definition) is 3. The minimum absolute atomic E-state index is 0.303. The highest BCUT2D eigenvalue weighted by atomic mass is 32.1. The zero-order chi connectivity index (χ0) is 15.6. The number of ether oxygens (including phenoxy) is 1. The van der Waals surface area contributed by atoms with Gasteiger partial charge in [-0.1, -0.05) is 19.8 Å². The molecule has 0 aliphatic carbocycles. The van der Waals surface area contributed by atoms with E-state index in [9.17, 15) is 0 Å². The van der Waals surface area contributed by atoms with Gasteiger partial charge >= 0.3 is 0 Å². The second-order valence-electron chi connectivity index (χ2n) is 5.81. The lowest BCUT2D eigenvalue weighted by Gasteiger charge is -2.28. The highest BCUT2D eigenvalue weighted by molar-refractivity contribution is 7.80. The van der Waals surface area contributed by atoms with Crippen molar-refractivity contribution in [3.63, 3.8) is 0 Å². The van der Waals surface area contributed by atoms with Crippen LogP contribution in [0.1, 0.15) is 44.6 Å². The molecule has 1 aromatic heterocycles. The first-order valence-corrected chi connectivity index (χ1v) is 8.73. The number of unbranched alkanes of at least 4 members (excludes halogenated alkanes) is 2. The number of thiocarbonyl (C=S) groups is 1. The van der Waals surface area contributed by atoms with E-state index in [2.05, 4.69) is 22.1 Å². The van der Waals surface area contributed by atoms with Crippen LogP contribution in [0.15, 0.2) is 24.5 Å². The third-order valence-corrected chi connectivity index (χ3v) is 4.32. The first kappa shape index (κ1) is 17.2. The molecule has 1 N–H and O–H groups in total. The standard InChI is InChI=1S/C17H27N3OS/c1-2-3-4-9-19-17(22)20(14-16-6-5-12-21-16)13-15-7-10-18-11-8-15/h7-8,10-11,16H,2-6,9,12-14H2,1H3,(H,19,22)/t16-/m0/s1. The maximum Gasteiger partial charge on any atom is 0.169 e. The predicted octanol–water partition coefficient (Wildman–Crippen LogP) is 3.13. The van der Waals surface area contributed by atoms with E-state index in [4.69, 9.17) is 17.0 Å². The number of nitrogens with one attached hydrogen (secondary N) is 1. The van der Waals surface area contributed by atoms with E-state index in [-0.39, 0.29) is 0 Å². The summed E-state index contributed by atoms with van der Waals surface area (Å²) in [5, 5.41) is 4.23. The van der Waals surface area contributed by atoms with E-state index in [0.29, 0.717) is 6.10 Å². The molecule has 1 fully saturated rings. The summed E-state index contributed by atoms with van der Waals surface area (Å²) in [4.78, 5) is 6.31. The molecule has 0 amide bonds. The van der Waals surface area contributed by atoms with Gasteiger partial charge in [-0.25, -0.2) is 0 Å². The molecule has 1 aliphatic rings. The van der Waals surface area contributed by atoms with Gasteiger partial charge in [-0.15, -0.1) is 0 Å². The van der Waals surface area contributed by atoms with Crippen LogP contribution >= 0.6 is 12.2 Å². The van der Waals surface area contributed by atoms with E-state index >= 15 is 0 Å². The Morgan fingerprint density at radius 3 is 2.91 bits per heavy atom. The highest BCUT2D eigenvalue weighted by Gasteiger charge is 2.21. The third kappa shape index (κ3) is 5.89. The van der Waals surface area contributed by atoms with Crippen molar-refractivity contribution in [2.45, 2.75) is 51.7 Å². The summed E-state index contributed by atoms with van der Waals surface area (Å²) in [5.41, 5.74) is 1.23. The molecule has 4 nitrogen and oxygen atoms in total. The minimum atomic E-state index is 0.303. The number of hydrogen-bond donors (Lipinski definition) is 1. The summed E-state index contributed by atoms with van der Waals surface area (Å²) in [7, 11) is 0. The van der Waals surface area contributed by atoms with Crippen LogP contribution in [-0.4, -0.2) is 40.8 Å². The van der Waals surface area contributed by atoms with E-state index < -0.39 is 0 Å². The molecule has 2 rings (SSSR count). The summed E-state index contributed by atoms with van der Waals surface area (Å²) >= 11 is 5.60. The smallest absolute Gasteiger partial charge is 0.169 e. The fourth-order valence-corrected chi connectivity index (χ4v) is 2.89. The first-order chi connectivity index (χ1) is 10.8. The Labute approximate surface area is 139 Å². The van der Waals surface area contributed by atoms with Crippen molar-refractivity contribution in [3.8, 4) is 0 Å². The first-order valence-electron chi connectivity index (χ1n) is 8.33. The van der Waals surface area contributed by atoms with Crippen molar-refractivity contribution >= 4 is 17.3 Å². The van der Waals surface area contributed by atoms with Crippen LogP contribution in [0.4, 0.5) is 0 Å². The second kappa shape index (κ2) is 9.74. The lowest BCUT2D eigenvalue weighted by molar-refractivity contribution is 0.0897. The molecule has 0 spiro atoms. The average Bonchev–Trinajstić information content (AvgIpc) is 3.05. The van der Waals surface area contributed by atoms with Gasteiger partial charge in [0.05, 0.1) is 6.10 Å². The molecular formula is C17H27N3OS. The topological polar surface area (TPSA) is 37.4 Å².